The standard InChI is InChI=1S/C20H22N2O2/c1-14-9-10-16(15-6-4-7-18(11-15)22(23)24)12-20(14)13-17-5-2-3-8-19(17)21-20/h2-8,11,14,16,21H,9-10,12-13H2,1H3. The summed E-state index contributed by atoms with van der Waals surface area (Å²) in [5.41, 5.74) is 4.03. The van der Waals surface area contributed by atoms with Gasteiger partial charge in [-0.1, -0.05) is 37.3 Å². The van der Waals surface area contributed by atoms with Crippen LogP contribution in [0, 0.1) is 16.0 Å². The van der Waals surface area contributed by atoms with Gasteiger partial charge in [-0.2, -0.15) is 0 Å². The van der Waals surface area contributed by atoms with Crippen LogP contribution in [-0.4, -0.2) is 10.5 Å². The zero-order chi connectivity index (χ0) is 16.7. The molecule has 1 aliphatic heterocycles. The largest absolute Gasteiger partial charge is 0.379 e. The van der Waals surface area contributed by atoms with Gasteiger partial charge in [-0.3, -0.25) is 10.1 Å². The van der Waals surface area contributed by atoms with Gasteiger partial charge in [0.15, 0.2) is 0 Å². The Kier molecular flexibility index (Phi) is 3.56. The van der Waals surface area contributed by atoms with E-state index in [9.17, 15) is 10.1 Å². The molecule has 0 amide bonds. The number of rotatable bonds is 2. The van der Waals surface area contributed by atoms with Gasteiger partial charge in [-0.25, -0.2) is 0 Å². The highest BCUT2D eigenvalue weighted by atomic mass is 16.6. The number of non-ortho nitro benzene ring substituents is 1. The van der Waals surface area contributed by atoms with Crippen molar-refractivity contribution in [2.45, 2.75) is 44.1 Å². The van der Waals surface area contributed by atoms with Crippen LogP contribution >= 0.6 is 0 Å². The summed E-state index contributed by atoms with van der Waals surface area (Å²) in [5.74, 6) is 0.975. The van der Waals surface area contributed by atoms with Gasteiger partial charge in [0.05, 0.1) is 4.92 Å². The van der Waals surface area contributed by atoms with Gasteiger partial charge in [-0.05, 0) is 54.7 Å². The lowest BCUT2D eigenvalue weighted by atomic mass is 9.66. The van der Waals surface area contributed by atoms with E-state index in [0.717, 1.165) is 31.2 Å². The normalized spacial score (nSPS) is 28.4. The van der Waals surface area contributed by atoms with Crippen molar-refractivity contribution >= 4 is 11.4 Å². The number of para-hydroxylation sites is 1. The average molecular weight is 322 g/mol. The number of hydrogen-bond donors (Lipinski definition) is 1. The third-order valence-corrected chi connectivity index (χ3v) is 5.96. The Hall–Kier alpha value is -2.36. The fourth-order valence-electron chi connectivity index (χ4n) is 4.52. The van der Waals surface area contributed by atoms with E-state index < -0.39 is 0 Å². The number of hydrogen-bond acceptors (Lipinski definition) is 3. The molecule has 3 atom stereocenters. The van der Waals surface area contributed by atoms with Crippen molar-refractivity contribution in [3.8, 4) is 0 Å². The van der Waals surface area contributed by atoms with Crippen molar-refractivity contribution in [2.75, 3.05) is 5.32 Å². The zero-order valence-electron chi connectivity index (χ0n) is 13.9. The first-order chi connectivity index (χ1) is 11.6. The van der Waals surface area contributed by atoms with Crippen LogP contribution < -0.4 is 5.32 Å². The molecule has 0 saturated heterocycles. The van der Waals surface area contributed by atoms with Gasteiger partial charge in [0.1, 0.15) is 0 Å². The van der Waals surface area contributed by atoms with Crippen molar-refractivity contribution in [1.82, 2.24) is 0 Å². The first-order valence-electron chi connectivity index (χ1n) is 8.68. The molecule has 0 aromatic heterocycles. The molecule has 4 nitrogen and oxygen atoms in total. The van der Waals surface area contributed by atoms with E-state index in [1.165, 1.54) is 11.3 Å². The van der Waals surface area contributed by atoms with E-state index in [-0.39, 0.29) is 16.1 Å². The van der Waals surface area contributed by atoms with E-state index in [4.69, 9.17) is 0 Å². The number of nitrogens with zero attached hydrogens (tertiary/aromatic N) is 1. The van der Waals surface area contributed by atoms with Gasteiger partial charge in [-0.15, -0.1) is 0 Å². The molecule has 0 bridgehead atoms. The summed E-state index contributed by atoms with van der Waals surface area (Å²) in [5, 5.41) is 14.9. The number of nitrogens with one attached hydrogen (secondary N) is 1. The Labute approximate surface area is 142 Å². The number of fused-ring (bicyclic) bond motifs is 1. The summed E-state index contributed by atoms with van der Waals surface area (Å²) in [6.07, 6.45) is 4.33. The Bertz CT molecular complexity index is 762. The lowest BCUT2D eigenvalue weighted by Crippen LogP contribution is -2.47. The maximum Gasteiger partial charge on any atom is 0.269 e. The SMILES string of the molecule is CC1CCC(c2cccc([N+](=O)[O-])c2)CC12Cc1ccccc1N2. The minimum Gasteiger partial charge on any atom is -0.379 e. The molecule has 2 aromatic rings. The number of benzene rings is 2. The predicted octanol–water partition coefficient (Wildman–Crippen LogP) is 4.91. The molecule has 1 fully saturated rings. The second-order valence-electron chi connectivity index (χ2n) is 7.35. The summed E-state index contributed by atoms with van der Waals surface area (Å²) in [6, 6.07) is 15.7. The lowest BCUT2D eigenvalue weighted by molar-refractivity contribution is -0.384. The Morgan fingerprint density at radius 1 is 1.17 bits per heavy atom. The van der Waals surface area contributed by atoms with E-state index in [0.29, 0.717) is 11.8 Å². The van der Waals surface area contributed by atoms with Gasteiger partial charge in [0, 0.05) is 23.4 Å². The van der Waals surface area contributed by atoms with Crippen LogP contribution in [-0.2, 0) is 6.42 Å². The maximum atomic E-state index is 11.1. The highest BCUT2D eigenvalue weighted by Crippen LogP contribution is 2.49. The highest BCUT2D eigenvalue weighted by molar-refractivity contribution is 5.59. The molecule has 4 rings (SSSR count). The molecule has 2 aromatic carbocycles. The van der Waals surface area contributed by atoms with E-state index in [1.807, 2.05) is 12.1 Å². The van der Waals surface area contributed by atoms with Crippen molar-refractivity contribution in [3.63, 3.8) is 0 Å². The minimum absolute atomic E-state index is 0.0806. The molecule has 0 radical (unpaired) electrons. The van der Waals surface area contributed by atoms with Crippen LogP contribution in [0.1, 0.15) is 43.2 Å². The fourth-order valence-corrected chi connectivity index (χ4v) is 4.52. The van der Waals surface area contributed by atoms with Gasteiger partial charge in [0.25, 0.3) is 5.69 Å². The second-order valence-corrected chi connectivity index (χ2v) is 7.35. The molecule has 124 valence electrons. The molecule has 24 heavy (non-hydrogen) atoms. The number of nitro benzene ring substituents is 1. The highest BCUT2D eigenvalue weighted by Gasteiger charge is 2.45. The van der Waals surface area contributed by atoms with Crippen molar-refractivity contribution in [2.24, 2.45) is 5.92 Å². The molecule has 4 heteroatoms. The molecule has 1 heterocycles. The third-order valence-electron chi connectivity index (χ3n) is 5.96. The lowest BCUT2D eigenvalue weighted by Gasteiger charge is -2.44. The predicted molar refractivity (Wildman–Crippen MR) is 95.4 cm³/mol. The minimum atomic E-state index is -0.297. The summed E-state index contributed by atoms with van der Waals surface area (Å²) in [6.45, 7) is 2.34. The molecule has 1 saturated carbocycles. The summed E-state index contributed by atoms with van der Waals surface area (Å²) < 4.78 is 0. The van der Waals surface area contributed by atoms with Crippen LogP contribution in [0.3, 0.4) is 0 Å². The van der Waals surface area contributed by atoms with Gasteiger partial charge >= 0.3 is 0 Å². The van der Waals surface area contributed by atoms with Crippen LogP contribution in [0.5, 0.6) is 0 Å². The van der Waals surface area contributed by atoms with Crippen molar-refractivity contribution in [3.05, 3.63) is 69.8 Å². The van der Waals surface area contributed by atoms with E-state index in [1.54, 1.807) is 12.1 Å². The monoisotopic (exact) mass is 322 g/mol. The third kappa shape index (κ3) is 2.46. The smallest absolute Gasteiger partial charge is 0.269 e. The summed E-state index contributed by atoms with van der Waals surface area (Å²) >= 11 is 0. The first kappa shape index (κ1) is 15.2. The Morgan fingerprint density at radius 3 is 2.79 bits per heavy atom. The molecule has 1 aliphatic carbocycles. The fraction of sp³-hybridized carbons (Fsp3) is 0.400. The van der Waals surface area contributed by atoms with E-state index >= 15 is 0 Å². The molecular weight excluding hydrogens is 300 g/mol. The first-order valence-corrected chi connectivity index (χ1v) is 8.68. The van der Waals surface area contributed by atoms with Crippen molar-refractivity contribution in [1.29, 1.82) is 0 Å². The van der Waals surface area contributed by atoms with E-state index in [2.05, 4.69) is 36.5 Å². The van der Waals surface area contributed by atoms with Crippen LogP contribution in [0.4, 0.5) is 11.4 Å². The Morgan fingerprint density at radius 2 is 2.00 bits per heavy atom. The van der Waals surface area contributed by atoms with Crippen molar-refractivity contribution < 1.29 is 4.92 Å². The van der Waals surface area contributed by atoms with Crippen LogP contribution in [0.2, 0.25) is 0 Å². The maximum absolute atomic E-state index is 11.1. The van der Waals surface area contributed by atoms with Crippen LogP contribution in [0.25, 0.3) is 0 Å². The topological polar surface area (TPSA) is 55.2 Å². The average Bonchev–Trinajstić information content (AvgIpc) is 2.96. The van der Waals surface area contributed by atoms with Gasteiger partial charge in [0.2, 0.25) is 0 Å². The quantitative estimate of drug-likeness (QED) is 0.631. The second kappa shape index (κ2) is 5.62. The molecular formula is C20H22N2O2. The molecule has 1 spiro atoms. The summed E-state index contributed by atoms with van der Waals surface area (Å²) in [4.78, 5) is 10.8. The molecule has 2 aliphatic rings. The number of nitro groups is 1. The van der Waals surface area contributed by atoms with Gasteiger partial charge < -0.3 is 5.32 Å². The zero-order valence-corrected chi connectivity index (χ0v) is 13.9. The number of anilines is 1. The Balaban J connectivity index is 1.63. The molecule has 3 unspecified atom stereocenters. The molecule has 1 N–H and O–H groups in total. The summed E-state index contributed by atoms with van der Waals surface area (Å²) in [7, 11) is 0. The van der Waals surface area contributed by atoms with Crippen LogP contribution in [0.15, 0.2) is 48.5 Å².